The van der Waals surface area contributed by atoms with Crippen LogP contribution in [0.4, 0.5) is 0 Å². The van der Waals surface area contributed by atoms with E-state index in [-0.39, 0.29) is 107 Å². The third-order valence-electron chi connectivity index (χ3n) is 16.3. The van der Waals surface area contributed by atoms with Gasteiger partial charge in [0.25, 0.3) is 17.7 Å². The Morgan fingerprint density at radius 2 is 1.38 bits per heavy atom. The Labute approximate surface area is 508 Å². The first-order valence-corrected chi connectivity index (χ1v) is 30.6. The first-order chi connectivity index (χ1) is 41.2. The minimum atomic E-state index is -0.948. The number of hydrogen-bond donors (Lipinski definition) is 2. The number of benzene rings is 2. The number of nitrogens with zero attached hydrogens (tertiary/aromatic N) is 5. The quantitative estimate of drug-likeness (QED) is 0.0673. The highest BCUT2D eigenvalue weighted by atomic mass is 16.7. The number of hydroxylamine groups is 4. The molecule has 2 N–H and O–H groups in total. The summed E-state index contributed by atoms with van der Waals surface area (Å²) in [6, 6.07) is 13.9. The van der Waals surface area contributed by atoms with E-state index >= 15 is 0 Å². The number of methoxy groups -OCH3 is 2. The van der Waals surface area contributed by atoms with Gasteiger partial charge in [-0.05, 0) is 73.7 Å². The Bertz CT molecular complexity index is 2450. The van der Waals surface area contributed by atoms with Crippen molar-refractivity contribution in [3.63, 3.8) is 0 Å². The number of carbonyl (C=O) groups is 8. The molecular weight excluding hydrogens is 1110 g/mol. The van der Waals surface area contributed by atoms with Crippen LogP contribution in [0.5, 0.6) is 5.75 Å². The molecule has 2 aromatic carbocycles. The van der Waals surface area contributed by atoms with Crippen molar-refractivity contribution in [3.8, 4) is 5.75 Å². The topological polar surface area (TPSA) is 251 Å². The molecule has 0 bridgehead atoms. The van der Waals surface area contributed by atoms with Crippen molar-refractivity contribution in [2.24, 2.45) is 23.7 Å². The lowest BCUT2D eigenvalue weighted by Gasteiger charge is -2.41. The monoisotopic (exact) mass is 1210 g/mol. The molecule has 7 amide bonds. The molecule has 86 heavy (non-hydrogen) atoms. The first-order valence-electron chi connectivity index (χ1n) is 30.6. The van der Waals surface area contributed by atoms with Crippen LogP contribution in [0.2, 0.25) is 0 Å². The van der Waals surface area contributed by atoms with Crippen molar-refractivity contribution in [2.75, 3.05) is 94.2 Å². The van der Waals surface area contributed by atoms with E-state index in [1.165, 1.54) is 19.3 Å². The van der Waals surface area contributed by atoms with Gasteiger partial charge in [-0.15, -0.1) is 5.06 Å². The Balaban J connectivity index is 1.14. The second-order valence-electron chi connectivity index (χ2n) is 23.3. The third-order valence-corrected chi connectivity index (χ3v) is 16.3. The van der Waals surface area contributed by atoms with Gasteiger partial charge in [0.15, 0.2) is 0 Å². The Kier molecular flexibility index (Phi) is 29.8. The summed E-state index contributed by atoms with van der Waals surface area (Å²) < 4.78 is 35.0. The molecule has 3 heterocycles. The number of likely N-dealkylation sites (tertiary alicyclic amines) is 1. The van der Waals surface area contributed by atoms with Gasteiger partial charge in [-0.3, -0.25) is 43.3 Å². The summed E-state index contributed by atoms with van der Waals surface area (Å²) in [4.78, 5) is 123. The van der Waals surface area contributed by atoms with E-state index in [0.29, 0.717) is 69.5 Å². The van der Waals surface area contributed by atoms with Crippen molar-refractivity contribution in [2.45, 2.75) is 162 Å². The van der Waals surface area contributed by atoms with Crippen LogP contribution in [0.25, 0.3) is 0 Å². The Morgan fingerprint density at radius 3 is 1.98 bits per heavy atom. The maximum Gasteiger partial charge on any atom is 0.335 e. The fraction of sp³-hybridized carbons (Fsp3) is 0.683. The molecule has 23 heteroatoms. The minimum absolute atomic E-state index is 0.0206. The van der Waals surface area contributed by atoms with Gasteiger partial charge in [0, 0.05) is 60.2 Å². The lowest BCUT2D eigenvalue weighted by atomic mass is 9.89. The predicted molar refractivity (Wildman–Crippen MR) is 318 cm³/mol. The standard InChI is InChI=1S/C63H97N7O16/c1-12-44(6)58(67(9)63(78)56(42(2)3)65-61(76)57(43(4)5)66(8)31-34-82-36-38-83-37-35-81-33-28-55(74)86-70-52(71)26-27-53(70)72)51(79-10)40-54(73)68-29-18-21-50(68)59(80-11)45(7)60(75)64-49(62(77)69-30-16-17-32-85-69)39-46-22-24-48(25-23-46)84-41-47-19-14-13-15-20-47/h13-15,19-20,22-25,42-45,49-51,56-59H,12,16-18,21,26-41H2,1-11H3,(H,64,75)(H,65,76)/t44-,45+,49-,50-,51+,56-,57-,58-,59+/m0/s1. The lowest BCUT2D eigenvalue weighted by molar-refractivity contribution is -0.199. The van der Waals surface area contributed by atoms with Gasteiger partial charge in [-0.1, -0.05) is 97.4 Å². The number of rotatable bonds is 37. The fourth-order valence-corrected chi connectivity index (χ4v) is 11.3. The van der Waals surface area contributed by atoms with E-state index in [0.717, 1.165) is 24.0 Å². The van der Waals surface area contributed by atoms with Crippen LogP contribution < -0.4 is 15.4 Å². The van der Waals surface area contributed by atoms with Crippen molar-refractivity contribution in [1.82, 2.24) is 35.5 Å². The van der Waals surface area contributed by atoms with Gasteiger partial charge >= 0.3 is 5.97 Å². The van der Waals surface area contributed by atoms with Gasteiger partial charge in [0.05, 0.1) is 95.3 Å². The molecule has 0 saturated carbocycles. The van der Waals surface area contributed by atoms with Crippen LogP contribution >= 0.6 is 0 Å². The molecule has 3 aliphatic heterocycles. The van der Waals surface area contributed by atoms with E-state index in [9.17, 15) is 38.4 Å². The Hall–Kier alpha value is -6.08. The molecule has 5 rings (SSSR count). The average Bonchev–Trinajstić information content (AvgIpc) is 2.23. The molecule has 480 valence electrons. The van der Waals surface area contributed by atoms with Gasteiger partial charge in [-0.25, -0.2) is 9.86 Å². The van der Waals surface area contributed by atoms with Crippen molar-refractivity contribution < 1.29 is 76.5 Å². The summed E-state index contributed by atoms with van der Waals surface area (Å²) >= 11 is 0. The van der Waals surface area contributed by atoms with E-state index in [2.05, 4.69) is 10.6 Å². The van der Waals surface area contributed by atoms with Crippen LogP contribution in [-0.4, -0.2) is 209 Å². The molecular formula is C63H97N7O16. The van der Waals surface area contributed by atoms with E-state index in [1.54, 1.807) is 23.8 Å². The molecule has 0 spiro atoms. The lowest BCUT2D eigenvalue weighted by Crippen LogP contribution is -2.60. The molecule has 9 atom stereocenters. The van der Waals surface area contributed by atoms with Crippen LogP contribution in [0, 0.1) is 23.7 Å². The summed E-state index contributed by atoms with van der Waals surface area (Å²) in [7, 11) is 6.60. The van der Waals surface area contributed by atoms with E-state index < -0.39 is 72.0 Å². The zero-order valence-electron chi connectivity index (χ0n) is 52.7. The number of amides is 7. The highest BCUT2D eigenvalue weighted by molar-refractivity contribution is 6.01. The zero-order chi connectivity index (χ0) is 62.9. The number of hydrogen-bond acceptors (Lipinski definition) is 17. The number of likely N-dealkylation sites (N-methyl/N-ethyl adjacent to an activating group) is 2. The number of carbonyl (C=O) groups excluding carboxylic acids is 8. The minimum Gasteiger partial charge on any atom is -0.489 e. The first kappa shape index (κ1) is 70.7. The number of ether oxygens (including phenoxy) is 6. The molecule has 3 aliphatic rings. The van der Waals surface area contributed by atoms with Crippen molar-refractivity contribution in [1.29, 1.82) is 0 Å². The summed E-state index contributed by atoms with van der Waals surface area (Å²) in [5, 5.41) is 7.97. The summed E-state index contributed by atoms with van der Waals surface area (Å²) in [5.74, 6) is -4.04. The molecule has 23 nitrogen and oxygen atoms in total. The molecule has 0 radical (unpaired) electrons. The molecule has 0 aliphatic carbocycles. The predicted octanol–water partition coefficient (Wildman–Crippen LogP) is 4.91. The van der Waals surface area contributed by atoms with E-state index in [1.807, 2.05) is 108 Å². The van der Waals surface area contributed by atoms with Crippen LogP contribution in [0.1, 0.15) is 117 Å². The smallest absolute Gasteiger partial charge is 0.335 e. The van der Waals surface area contributed by atoms with Crippen molar-refractivity contribution in [3.05, 3.63) is 65.7 Å². The maximum atomic E-state index is 14.8. The van der Waals surface area contributed by atoms with Crippen LogP contribution in [0.15, 0.2) is 54.6 Å². The van der Waals surface area contributed by atoms with Gasteiger partial charge < -0.3 is 53.7 Å². The summed E-state index contributed by atoms with van der Waals surface area (Å²) in [6.45, 7) is 16.9. The molecule has 3 saturated heterocycles. The zero-order valence-corrected chi connectivity index (χ0v) is 52.7. The second kappa shape index (κ2) is 36.3. The molecule has 0 unspecified atom stereocenters. The van der Waals surface area contributed by atoms with Crippen LogP contribution in [-0.2, 0) is 84.7 Å². The average molecular weight is 1210 g/mol. The van der Waals surface area contributed by atoms with Gasteiger partial charge in [0.1, 0.15) is 24.4 Å². The van der Waals surface area contributed by atoms with Crippen molar-refractivity contribution >= 4 is 47.3 Å². The highest BCUT2D eigenvalue weighted by Crippen LogP contribution is 2.30. The summed E-state index contributed by atoms with van der Waals surface area (Å²) in [5.41, 5.74) is 1.86. The largest absolute Gasteiger partial charge is 0.489 e. The number of nitrogens with one attached hydrogen (secondary N) is 2. The highest BCUT2D eigenvalue weighted by Gasteiger charge is 2.44. The Morgan fingerprint density at radius 1 is 0.733 bits per heavy atom. The SMILES string of the molecule is CC[C@H](C)[C@@H]([C@@H](CC(=O)N1CCC[C@H]1[C@H](OC)[C@@H](C)C(=O)N[C@@H](Cc1ccc(OCc2ccccc2)cc1)C(=O)N1CCCCO1)OC)N(C)C(=O)[C@@H](NC(=O)[C@H](C(C)C)N(C)CCOCCOCCOCCC(=O)ON1C(=O)CCC1=O)C(C)C. The molecule has 0 aromatic heterocycles. The molecule has 2 aromatic rings. The summed E-state index contributed by atoms with van der Waals surface area (Å²) in [6.07, 6.45) is 2.14. The van der Waals surface area contributed by atoms with Gasteiger partial charge in [0.2, 0.25) is 23.6 Å². The van der Waals surface area contributed by atoms with Crippen LogP contribution in [0.3, 0.4) is 0 Å². The number of imide groups is 1. The second-order valence-corrected chi connectivity index (χ2v) is 23.3. The van der Waals surface area contributed by atoms with E-state index in [4.69, 9.17) is 38.1 Å². The third kappa shape index (κ3) is 21.1. The van der Waals surface area contributed by atoms with Gasteiger partial charge in [-0.2, -0.15) is 0 Å². The molecule has 3 fully saturated rings. The maximum absolute atomic E-state index is 14.8. The normalized spacial score (nSPS) is 18.3. The fourth-order valence-electron chi connectivity index (χ4n) is 11.3.